The molecule has 120 valence electrons. The zero-order chi connectivity index (χ0) is 15.7. The Morgan fingerprint density at radius 3 is 2.24 bits per heavy atom. The van der Waals surface area contributed by atoms with E-state index in [0.29, 0.717) is 6.54 Å². The quantitative estimate of drug-likeness (QED) is 0.544. The zero-order valence-electron chi connectivity index (χ0n) is 12.5. The second kappa shape index (κ2) is 9.33. The number of nitrogens with zero attached hydrogens (tertiary/aromatic N) is 1. The molecule has 0 bridgehead atoms. The highest BCUT2D eigenvalue weighted by atomic mass is 32.2. The van der Waals surface area contributed by atoms with Crippen LogP contribution in [0, 0.1) is 0 Å². The van der Waals surface area contributed by atoms with Crippen LogP contribution in [0.2, 0.25) is 0 Å². The van der Waals surface area contributed by atoms with E-state index in [1.807, 2.05) is 0 Å². The normalized spacial score (nSPS) is 12.1. The SMILES string of the molecule is CCN(CC)CCCNCc1ccc(SC(F)(F)F)cc1. The molecule has 0 amide bonds. The van der Waals surface area contributed by atoms with Gasteiger partial charge in [0.25, 0.3) is 0 Å². The molecule has 0 aromatic heterocycles. The Morgan fingerprint density at radius 1 is 1.10 bits per heavy atom. The van der Waals surface area contributed by atoms with Crippen molar-refractivity contribution in [1.29, 1.82) is 0 Å². The maximum Gasteiger partial charge on any atom is 0.446 e. The maximum absolute atomic E-state index is 12.2. The van der Waals surface area contributed by atoms with Crippen molar-refractivity contribution < 1.29 is 13.2 Å². The van der Waals surface area contributed by atoms with Gasteiger partial charge in [0.05, 0.1) is 0 Å². The molecule has 6 heteroatoms. The van der Waals surface area contributed by atoms with Gasteiger partial charge in [0.1, 0.15) is 0 Å². The molecular weight excluding hydrogens is 297 g/mol. The minimum absolute atomic E-state index is 0.0763. The molecule has 0 atom stereocenters. The summed E-state index contributed by atoms with van der Waals surface area (Å²) in [4.78, 5) is 2.60. The van der Waals surface area contributed by atoms with E-state index in [0.717, 1.165) is 38.2 Å². The molecule has 1 N–H and O–H groups in total. The highest BCUT2D eigenvalue weighted by Gasteiger charge is 2.28. The Morgan fingerprint density at radius 2 is 1.71 bits per heavy atom. The predicted octanol–water partition coefficient (Wildman–Crippen LogP) is 4.12. The first-order valence-electron chi connectivity index (χ1n) is 7.22. The van der Waals surface area contributed by atoms with E-state index < -0.39 is 5.51 Å². The fourth-order valence-electron chi connectivity index (χ4n) is 2.01. The van der Waals surface area contributed by atoms with Crippen molar-refractivity contribution in [3.8, 4) is 0 Å². The number of rotatable bonds is 9. The maximum atomic E-state index is 12.2. The number of benzene rings is 1. The summed E-state index contributed by atoms with van der Waals surface area (Å²) < 4.78 is 36.6. The van der Waals surface area contributed by atoms with Gasteiger partial charge in [0, 0.05) is 11.4 Å². The first-order valence-corrected chi connectivity index (χ1v) is 8.04. The third-order valence-corrected chi connectivity index (χ3v) is 3.95. The smallest absolute Gasteiger partial charge is 0.313 e. The Bertz CT molecular complexity index is 389. The van der Waals surface area contributed by atoms with E-state index in [1.165, 1.54) is 12.1 Å². The van der Waals surface area contributed by atoms with Crippen LogP contribution in [-0.4, -0.2) is 36.6 Å². The summed E-state index contributed by atoms with van der Waals surface area (Å²) in [5.74, 6) is 0. The molecule has 21 heavy (non-hydrogen) atoms. The Hall–Kier alpha value is -0.720. The van der Waals surface area contributed by atoms with Crippen LogP contribution in [-0.2, 0) is 6.54 Å². The molecule has 0 saturated carbocycles. The summed E-state index contributed by atoms with van der Waals surface area (Å²) in [7, 11) is 0. The molecule has 0 spiro atoms. The van der Waals surface area contributed by atoms with Gasteiger partial charge in [0.2, 0.25) is 0 Å². The van der Waals surface area contributed by atoms with E-state index >= 15 is 0 Å². The van der Waals surface area contributed by atoms with E-state index in [-0.39, 0.29) is 16.7 Å². The number of alkyl halides is 3. The molecule has 0 saturated heterocycles. The fraction of sp³-hybridized carbons (Fsp3) is 0.600. The van der Waals surface area contributed by atoms with Gasteiger partial charge in [-0.2, -0.15) is 13.2 Å². The molecule has 0 radical (unpaired) electrons. The van der Waals surface area contributed by atoms with Crippen molar-refractivity contribution >= 4 is 11.8 Å². The monoisotopic (exact) mass is 320 g/mol. The van der Waals surface area contributed by atoms with E-state index in [4.69, 9.17) is 0 Å². The molecule has 0 aliphatic heterocycles. The van der Waals surface area contributed by atoms with Crippen LogP contribution < -0.4 is 5.32 Å². The molecule has 1 rings (SSSR count). The van der Waals surface area contributed by atoms with Gasteiger partial charge < -0.3 is 10.2 Å². The van der Waals surface area contributed by atoms with Crippen LogP contribution in [0.1, 0.15) is 25.8 Å². The molecule has 0 fully saturated rings. The number of hydrogen-bond donors (Lipinski definition) is 1. The minimum Gasteiger partial charge on any atom is -0.313 e. The molecule has 1 aromatic carbocycles. The number of thioether (sulfide) groups is 1. The standard InChI is InChI=1S/C15H23F3N2S/c1-3-20(4-2)11-5-10-19-12-13-6-8-14(9-7-13)21-15(16,17)18/h6-9,19H,3-5,10-12H2,1-2H3. The minimum atomic E-state index is -4.22. The summed E-state index contributed by atoms with van der Waals surface area (Å²) in [5, 5.41) is 3.32. The highest BCUT2D eigenvalue weighted by Crippen LogP contribution is 2.36. The van der Waals surface area contributed by atoms with Gasteiger partial charge in [-0.15, -0.1) is 0 Å². The number of hydrogen-bond acceptors (Lipinski definition) is 3. The van der Waals surface area contributed by atoms with Gasteiger partial charge >= 0.3 is 5.51 Å². The lowest BCUT2D eigenvalue weighted by molar-refractivity contribution is -0.0328. The van der Waals surface area contributed by atoms with Gasteiger partial charge in [-0.05, 0) is 62.1 Å². The van der Waals surface area contributed by atoms with Crippen LogP contribution in [0.5, 0.6) is 0 Å². The van der Waals surface area contributed by atoms with Crippen molar-refractivity contribution in [3.05, 3.63) is 29.8 Å². The van der Waals surface area contributed by atoms with Gasteiger partial charge in [0.15, 0.2) is 0 Å². The van der Waals surface area contributed by atoms with Crippen molar-refractivity contribution in [3.63, 3.8) is 0 Å². The second-order valence-electron chi connectivity index (χ2n) is 4.75. The molecule has 1 aromatic rings. The number of nitrogens with one attached hydrogen (secondary N) is 1. The Kier molecular flexibility index (Phi) is 8.14. The molecule has 2 nitrogen and oxygen atoms in total. The molecular formula is C15H23F3N2S. The van der Waals surface area contributed by atoms with Crippen LogP contribution in [0.25, 0.3) is 0 Å². The van der Waals surface area contributed by atoms with Crippen LogP contribution in [0.3, 0.4) is 0 Å². The Balaban J connectivity index is 2.24. The van der Waals surface area contributed by atoms with E-state index in [2.05, 4.69) is 24.1 Å². The summed E-state index contributed by atoms with van der Waals surface area (Å²) in [5.41, 5.74) is -3.21. The van der Waals surface area contributed by atoms with E-state index in [9.17, 15) is 13.2 Å². The van der Waals surface area contributed by atoms with Gasteiger partial charge in [-0.1, -0.05) is 26.0 Å². The summed E-state index contributed by atoms with van der Waals surface area (Å²) in [6.45, 7) is 9.10. The predicted molar refractivity (Wildman–Crippen MR) is 82.5 cm³/mol. The first-order chi connectivity index (χ1) is 9.94. The van der Waals surface area contributed by atoms with Crippen molar-refractivity contribution in [2.24, 2.45) is 0 Å². The third kappa shape index (κ3) is 8.34. The summed E-state index contributed by atoms with van der Waals surface area (Å²) >= 11 is -0.0763. The van der Waals surface area contributed by atoms with Crippen molar-refractivity contribution in [2.45, 2.75) is 37.2 Å². The lowest BCUT2D eigenvalue weighted by Crippen LogP contribution is -2.27. The van der Waals surface area contributed by atoms with Gasteiger partial charge in [-0.3, -0.25) is 0 Å². The van der Waals surface area contributed by atoms with Crippen molar-refractivity contribution in [1.82, 2.24) is 10.2 Å². The lowest BCUT2D eigenvalue weighted by Gasteiger charge is -2.17. The third-order valence-electron chi connectivity index (χ3n) is 3.21. The lowest BCUT2D eigenvalue weighted by atomic mass is 10.2. The molecule has 0 aliphatic carbocycles. The molecule has 0 unspecified atom stereocenters. The first kappa shape index (κ1) is 18.3. The van der Waals surface area contributed by atoms with E-state index in [1.54, 1.807) is 12.1 Å². The zero-order valence-corrected chi connectivity index (χ0v) is 13.4. The van der Waals surface area contributed by atoms with Crippen LogP contribution >= 0.6 is 11.8 Å². The fourth-order valence-corrected chi connectivity index (χ4v) is 2.55. The number of halogens is 3. The molecule has 0 heterocycles. The van der Waals surface area contributed by atoms with Crippen LogP contribution in [0.4, 0.5) is 13.2 Å². The Labute approximate surface area is 129 Å². The van der Waals surface area contributed by atoms with Crippen LogP contribution in [0.15, 0.2) is 29.2 Å². The van der Waals surface area contributed by atoms with Gasteiger partial charge in [-0.25, -0.2) is 0 Å². The summed E-state index contributed by atoms with van der Waals surface area (Å²) in [6.07, 6.45) is 1.07. The molecule has 0 aliphatic rings. The average molecular weight is 320 g/mol. The topological polar surface area (TPSA) is 15.3 Å². The van der Waals surface area contributed by atoms with Crippen molar-refractivity contribution in [2.75, 3.05) is 26.2 Å². The summed E-state index contributed by atoms with van der Waals surface area (Å²) in [6, 6.07) is 6.52. The highest BCUT2D eigenvalue weighted by molar-refractivity contribution is 8.00. The average Bonchev–Trinajstić information content (AvgIpc) is 2.43. The largest absolute Gasteiger partial charge is 0.446 e. The second-order valence-corrected chi connectivity index (χ2v) is 5.89.